The third-order valence-corrected chi connectivity index (χ3v) is 7.87. The van der Waals surface area contributed by atoms with Crippen LogP contribution in [0.15, 0.2) is 36.5 Å². The number of hydrogen-bond donors (Lipinski definition) is 0. The minimum atomic E-state index is -0.872. The third kappa shape index (κ3) is 7.07. The van der Waals surface area contributed by atoms with Gasteiger partial charge in [0.1, 0.15) is 11.4 Å². The van der Waals surface area contributed by atoms with Crippen molar-refractivity contribution in [2.75, 3.05) is 0 Å². The van der Waals surface area contributed by atoms with Crippen molar-refractivity contribution in [2.24, 2.45) is 7.05 Å². The van der Waals surface area contributed by atoms with Crippen molar-refractivity contribution >= 4 is 12.0 Å². The fourth-order valence-electron chi connectivity index (χ4n) is 6.23. The van der Waals surface area contributed by atoms with E-state index in [0.717, 1.165) is 58.5 Å². The predicted molar refractivity (Wildman–Crippen MR) is 166 cm³/mol. The summed E-state index contributed by atoms with van der Waals surface area (Å²) in [7, 11) is 1.98. The maximum atomic E-state index is 14.1. The minimum Gasteiger partial charge on any atom is -0.460 e. The van der Waals surface area contributed by atoms with Crippen LogP contribution in [0.1, 0.15) is 96.2 Å². The number of carbonyl (C=O) groups excluding carboxylic acids is 1. The van der Waals surface area contributed by atoms with Gasteiger partial charge in [0.25, 0.3) is 0 Å². The van der Waals surface area contributed by atoms with E-state index in [1.54, 1.807) is 0 Å². The van der Waals surface area contributed by atoms with Crippen LogP contribution in [0, 0.1) is 5.82 Å². The first-order chi connectivity index (χ1) is 20.2. The van der Waals surface area contributed by atoms with E-state index >= 15 is 0 Å². The van der Waals surface area contributed by atoms with E-state index < -0.39 is 11.4 Å². The summed E-state index contributed by atoms with van der Waals surface area (Å²) in [6, 6.07) is 6.74. The highest BCUT2D eigenvalue weighted by atomic mass is 19.1. The lowest BCUT2D eigenvalue weighted by Gasteiger charge is -2.39. The topological polar surface area (TPSA) is 75.5 Å². The van der Waals surface area contributed by atoms with Crippen molar-refractivity contribution in [1.82, 2.24) is 14.8 Å². The summed E-state index contributed by atoms with van der Waals surface area (Å²) in [5.74, 6) is -1.31. The lowest BCUT2D eigenvalue weighted by molar-refractivity contribution is -0.290. The molecule has 0 unspecified atom stereocenters. The molecule has 1 aromatic carbocycles. The number of hydrogen-bond acceptors (Lipinski definition) is 6. The zero-order valence-electron chi connectivity index (χ0n) is 26.7. The lowest BCUT2D eigenvalue weighted by Crippen LogP contribution is -2.45. The summed E-state index contributed by atoms with van der Waals surface area (Å²) in [6.45, 7) is 13.6. The number of aromatic nitrogens is 3. The number of esters is 1. The summed E-state index contributed by atoms with van der Waals surface area (Å²) in [6.07, 6.45) is 8.84. The average molecular weight is 590 g/mol. The van der Waals surface area contributed by atoms with E-state index in [9.17, 15) is 9.18 Å². The fourth-order valence-corrected chi connectivity index (χ4v) is 6.23. The van der Waals surface area contributed by atoms with Crippen LogP contribution >= 0.6 is 0 Å². The van der Waals surface area contributed by atoms with E-state index in [0.29, 0.717) is 6.42 Å². The van der Waals surface area contributed by atoms with Crippen LogP contribution < -0.4 is 0 Å². The normalized spacial score (nSPS) is 20.1. The summed E-state index contributed by atoms with van der Waals surface area (Å²) >= 11 is 0. The Morgan fingerprint density at radius 2 is 1.91 bits per heavy atom. The van der Waals surface area contributed by atoms with Gasteiger partial charge in [-0.25, -0.2) is 4.39 Å². The van der Waals surface area contributed by atoms with Crippen LogP contribution in [0.5, 0.6) is 0 Å². The Labute approximate surface area is 254 Å². The van der Waals surface area contributed by atoms with E-state index in [-0.39, 0.29) is 36.3 Å². The smallest absolute Gasteiger partial charge is 0.308 e. The highest BCUT2D eigenvalue weighted by Gasteiger charge is 2.36. The van der Waals surface area contributed by atoms with Gasteiger partial charge in [0.15, 0.2) is 5.79 Å². The number of rotatable bonds is 6. The second-order valence-electron chi connectivity index (χ2n) is 13.4. The Bertz CT molecular complexity index is 1520. The average Bonchev–Trinajstić information content (AvgIpc) is 3.14. The molecule has 1 saturated heterocycles. The fraction of sp³-hybridized carbons (Fsp3) is 0.514. The molecule has 0 radical (unpaired) electrons. The molecule has 230 valence electrons. The standard InChI is InChI=1S/C35H44FN3O4/c1-21(2)32-27(17-16-24-18-25(42-35(6,7)41-24)19-30(40)43-34(3,4)5)31(22-12-14-23(36)15-13-22)26-10-9-11-29-28(33(26)38-32)20-37-39(29)8/h12-17,20-21,24-25H,9-11,18-19H2,1-8H3/b17-16+/t24-,25-/m1/s1. The summed E-state index contributed by atoms with van der Waals surface area (Å²) in [4.78, 5) is 17.9. The molecule has 7 nitrogen and oxygen atoms in total. The van der Waals surface area contributed by atoms with Gasteiger partial charge in [-0.1, -0.05) is 38.1 Å². The number of nitrogens with zero attached hydrogens (tertiary/aromatic N) is 3. The van der Waals surface area contributed by atoms with Crippen LogP contribution in [0.2, 0.25) is 0 Å². The molecule has 3 aromatic rings. The van der Waals surface area contributed by atoms with Crippen molar-refractivity contribution in [3.05, 3.63) is 64.9 Å². The summed E-state index contributed by atoms with van der Waals surface area (Å²) in [5.41, 5.74) is 7.78. The molecule has 43 heavy (non-hydrogen) atoms. The molecule has 5 rings (SSSR count). The molecule has 0 spiro atoms. The number of fused-ring (bicyclic) bond motifs is 3. The maximum absolute atomic E-state index is 14.1. The second kappa shape index (κ2) is 12.0. The molecular weight excluding hydrogens is 545 g/mol. The van der Waals surface area contributed by atoms with E-state index in [1.165, 1.54) is 17.8 Å². The van der Waals surface area contributed by atoms with Crippen LogP contribution in [0.3, 0.4) is 0 Å². The van der Waals surface area contributed by atoms with Crippen LogP contribution in [-0.2, 0) is 38.9 Å². The largest absolute Gasteiger partial charge is 0.460 e. The predicted octanol–water partition coefficient (Wildman–Crippen LogP) is 7.56. The van der Waals surface area contributed by atoms with Gasteiger partial charge in [0.2, 0.25) is 0 Å². The Kier molecular flexibility index (Phi) is 8.65. The first-order valence-corrected chi connectivity index (χ1v) is 15.3. The van der Waals surface area contributed by atoms with Crippen molar-refractivity contribution in [2.45, 2.75) is 110 Å². The quantitative estimate of drug-likeness (QED) is 0.276. The number of halogens is 1. The maximum Gasteiger partial charge on any atom is 0.308 e. The van der Waals surface area contributed by atoms with Crippen molar-refractivity contribution < 1.29 is 23.4 Å². The molecule has 2 atom stereocenters. The molecule has 1 aliphatic heterocycles. The molecule has 0 bridgehead atoms. The van der Waals surface area contributed by atoms with Gasteiger partial charge in [0, 0.05) is 30.3 Å². The SMILES string of the molecule is CC(C)c1nc2c(c(-c3ccc(F)cc3)c1/C=C/[C@@H]1C[C@H](CC(=O)OC(C)(C)C)OC(C)(C)O1)CCCc1c-2cnn1C. The molecular formula is C35H44FN3O4. The number of pyridine rings is 1. The van der Waals surface area contributed by atoms with Crippen LogP contribution in [0.4, 0.5) is 4.39 Å². The monoisotopic (exact) mass is 589 g/mol. The molecule has 0 saturated carbocycles. The molecule has 8 heteroatoms. The van der Waals surface area contributed by atoms with Crippen LogP contribution in [-0.4, -0.2) is 44.3 Å². The van der Waals surface area contributed by atoms with Gasteiger partial charge in [-0.2, -0.15) is 5.10 Å². The zero-order valence-corrected chi connectivity index (χ0v) is 26.7. The van der Waals surface area contributed by atoms with Crippen LogP contribution in [0.25, 0.3) is 28.5 Å². The number of aryl methyl sites for hydroxylation is 1. The minimum absolute atomic E-state index is 0.125. The molecule has 1 fully saturated rings. The van der Waals surface area contributed by atoms with Gasteiger partial charge in [0.05, 0.1) is 36.2 Å². The molecule has 1 aliphatic carbocycles. The Hall–Kier alpha value is -3.36. The molecule has 2 aliphatic rings. The van der Waals surface area contributed by atoms with E-state index in [4.69, 9.17) is 19.2 Å². The summed E-state index contributed by atoms with van der Waals surface area (Å²) in [5, 5.41) is 4.56. The number of carbonyl (C=O) groups is 1. The van der Waals surface area contributed by atoms with Gasteiger partial charge >= 0.3 is 5.97 Å². The van der Waals surface area contributed by atoms with Crippen molar-refractivity contribution in [1.29, 1.82) is 0 Å². The highest BCUT2D eigenvalue weighted by molar-refractivity contribution is 5.85. The van der Waals surface area contributed by atoms with Gasteiger partial charge in [-0.05, 0) is 88.6 Å². The molecule has 0 N–H and O–H groups in total. The zero-order chi connectivity index (χ0) is 31.1. The first kappa shape index (κ1) is 31.1. The Morgan fingerprint density at radius 3 is 2.58 bits per heavy atom. The van der Waals surface area contributed by atoms with Gasteiger partial charge in [-0.3, -0.25) is 14.5 Å². The highest BCUT2D eigenvalue weighted by Crippen LogP contribution is 2.42. The number of ether oxygens (including phenoxy) is 3. The Balaban J connectivity index is 1.59. The molecule has 2 aromatic heterocycles. The lowest BCUT2D eigenvalue weighted by atomic mass is 9.86. The molecule has 3 heterocycles. The van der Waals surface area contributed by atoms with Gasteiger partial charge in [-0.15, -0.1) is 0 Å². The second-order valence-corrected chi connectivity index (χ2v) is 13.4. The van der Waals surface area contributed by atoms with Crippen molar-refractivity contribution in [3.63, 3.8) is 0 Å². The van der Waals surface area contributed by atoms with E-state index in [1.807, 2.05) is 64.7 Å². The Morgan fingerprint density at radius 1 is 1.19 bits per heavy atom. The molecule has 0 amide bonds. The van der Waals surface area contributed by atoms with Gasteiger partial charge < -0.3 is 14.2 Å². The number of benzene rings is 1. The van der Waals surface area contributed by atoms with E-state index in [2.05, 4.69) is 31.1 Å². The first-order valence-electron chi connectivity index (χ1n) is 15.3. The van der Waals surface area contributed by atoms with Crippen molar-refractivity contribution in [3.8, 4) is 22.4 Å². The third-order valence-electron chi connectivity index (χ3n) is 7.87. The summed E-state index contributed by atoms with van der Waals surface area (Å²) < 4.78 is 34.0.